The van der Waals surface area contributed by atoms with Gasteiger partial charge in [-0.05, 0) is 50.3 Å². The Bertz CT molecular complexity index is 1390. The van der Waals surface area contributed by atoms with Gasteiger partial charge in [0, 0.05) is 44.0 Å². The Balaban J connectivity index is 1.53. The molecule has 0 spiro atoms. The number of piperidine rings is 1. The number of likely N-dealkylation sites (tertiary alicyclic amines) is 1. The first-order valence-corrected chi connectivity index (χ1v) is 18.1. The molecule has 0 bridgehead atoms. The van der Waals surface area contributed by atoms with E-state index in [1.807, 2.05) is 6.92 Å². The van der Waals surface area contributed by atoms with Gasteiger partial charge in [0.25, 0.3) is 5.91 Å². The molecule has 2 aliphatic heterocycles. The van der Waals surface area contributed by atoms with E-state index in [1.54, 1.807) is 24.0 Å². The Morgan fingerprint density at radius 2 is 1.86 bits per heavy atom. The quantitative estimate of drug-likeness (QED) is 0.0520. The Kier molecular flexibility index (Phi) is 17.2. The Morgan fingerprint density at radius 3 is 2.53 bits per heavy atom. The highest BCUT2D eigenvalue weighted by Gasteiger charge is 2.40. The number of carbonyl (C=O) groups excluding carboxylic acids is 3. The van der Waals surface area contributed by atoms with E-state index in [2.05, 4.69) is 17.1 Å². The summed E-state index contributed by atoms with van der Waals surface area (Å²) in [5, 5.41) is 67.6. The summed E-state index contributed by atoms with van der Waals surface area (Å²) in [6, 6.07) is 1.95. The molecule has 3 rings (SSSR count). The van der Waals surface area contributed by atoms with Crippen LogP contribution in [0.15, 0.2) is 42.1 Å². The van der Waals surface area contributed by atoms with Gasteiger partial charge >= 0.3 is 5.97 Å². The first kappa shape index (κ1) is 41.7. The lowest BCUT2D eigenvalue weighted by atomic mass is 9.98. The SMILES string of the molecule is C=CC(Cc1cc(O)cc(O)c1C(=O)OC(C)CC=CC(CC)NC(=O)CSC1OCC(CO)C(O)C(O)C1O)=NOCC(=O)N1CCCCC1. The van der Waals surface area contributed by atoms with Gasteiger partial charge in [0.15, 0.2) is 6.61 Å². The number of oxime groups is 1. The van der Waals surface area contributed by atoms with Crippen molar-refractivity contribution in [2.45, 2.75) is 88.3 Å². The number of hydrogen-bond donors (Lipinski definition) is 7. The molecule has 0 radical (unpaired) electrons. The summed E-state index contributed by atoms with van der Waals surface area (Å²) in [6.07, 6.45) is 3.59. The maximum absolute atomic E-state index is 13.2. The van der Waals surface area contributed by atoms with Crippen LogP contribution in [0.2, 0.25) is 0 Å². The molecule has 16 heteroatoms. The smallest absolute Gasteiger partial charge is 0.342 e. The predicted molar refractivity (Wildman–Crippen MR) is 189 cm³/mol. The summed E-state index contributed by atoms with van der Waals surface area (Å²) >= 11 is 0.960. The van der Waals surface area contributed by atoms with Crippen molar-refractivity contribution < 1.29 is 59.3 Å². The number of ether oxygens (including phenoxy) is 2. The molecule has 0 aliphatic carbocycles. The Morgan fingerprint density at radius 1 is 1.14 bits per heavy atom. The normalized spacial score (nSPS) is 24.0. The monoisotopic (exact) mass is 737 g/mol. The fourth-order valence-electron chi connectivity index (χ4n) is 5.57. The number of carbonyl (C=O) groups is 3. The molecule has 2 fully saturated rings. The fourth-order valence-corrected chi connectivity index (χ4v) is 6.50. The number of nitrogens with zero attached hydrogens (tertiary/aromatic N) is 2. The van der Waals surface area contributed by atoms with Crippen molar-refractivity contribution in [2.24, 2.45) is 11.1 Å². The molecule has 15 nitrogen and oxygen atoms in total. The third-order valence-corrected chi connectivity index (χ3v) is 9.73. The number of phenols is 2. The van der Waals surface area contributed by atoms with E-state index in [0.717, 1.165) is 37.1 Å². The number of esters is 1. The molecular formula is C35H51N3O12S. The molecule has 51 heavy (non-hydrogen) atoms. The first-order chi connectivity index (χ1) is 24.4. The molecule has 2 saturated heterocycles. The minimum absolute atomic E-state index is 0.0597. The Hall–Kier alpha value is -3.67. The van der Waals surface area contributed by atoms with Gasteiger partial charge in [-0.1, -0.05) is 30.8 Å². The highest BCUT2D eigenvalue weighted by molar-refractivity contribution is 8.00. The zero-order valence-electron chi connectivity index (χ0n) is 29.1. The van der Waals surface area contributed by atoms with Gasteiger partial charge in [-0.2, -0.15) is 0 Å². The van der Waals surface area contributed by atoms with Crippen molar-refractivity contribution in [3.8, 4) is 11.5 Å². The van der Waals surface area contributed by atoms with Crippen LogP contribution in [0.3, 0.4) is 0 Å². The van der Waals surface area contributed by atoms with E-state index in [9.17, 15) is 45.0 Å². The maximum Gasteiger partial charge on any atom is 0.342 e. The highest BCUT2D eigenvalue weighted by Crippen LogP contribution is 2.30. The van der Waals surface area contributed by atoms with E-state index in [-0.39, 0.29) is 72.3 Å². The zero-order valence-corrected chi connectivity index (χ0v) is 29.9. The third kappa shape index (κ3) is 12.8. The average Bonchev–Trinajstić information content (AvgIpc) is 3.20. The summed E-state index contributed by atoms with van der Waals surface area (Å²) in [7, 11) is 0. The van der Waals surface area contributed by atoms with Crippen molar-refractivity contribution in [3.05, 3.63) is 48.1 Å². The number of phenolic OH excluding ortho intramolecular Hbond substituents is 2. The summed E-state index contributed by atoms with van der Waals surface area (Å²) < 4.78 is 11.1. The van der Waals surface area contributed by atoms with Crippen molar-refractivity contribution in [3.63, 3.8) is 0 Å². The molecule has 1 aromatic rings. The number of thioether (sulfide) groups is 1. The fraction of sp³-hybridized carbons (Fsp3) is 0.600. The second-order valence-electron chi connectivity index (χ2n) is 12.6. The number of rotatable bonds is 17. The number of amides is 2. The van der Waals surface area contributed by atoms with Gasteiger partial charge in [-0.15, -0.1) is 11.8 Å². The van der Waals surface area contributed by atoms with Crippen molar-refractivity contribution in [1.82, 2.24) is 10.2 Å². The second kappa shape index (κ2) is 21.0. The summed E-state index contributed by atoms with van der Waals surface area (Å²) in [4.78, 5) is 45.2. The van der Waals surface area contributed by atoms with E-state index >= 15 is 0 Å². The Labute approximate surface area is 301 Å². The summed E-state index contributed by atoms with van der Waals surface area (Å²) in [6.45, 7) is 7.80. The molecule has 7 unspecified atom stereocenters. The molecule has 7 N–H and O–H groups in total. The minimum Gasteiger partial charge on any atom is -0.508 e. The van der Waals surface area contributed by atoms with E-state index in [1.165, 1.54) is 12.1 Å². The van der Waals surface area contributed by atoms with Crippen molar-refractivity contribution in [2.75, 3.05) is 38.7 Å². The van der Waals surface area contributed by atoms with E-state index in [0.29, 0.717) is 19.5 Å². The van der Waals surface area contributed by atoms with Gasteiger partial charge in [-0.3, -0.25) is 9.59 Å². The van der Waals surface area contributed by atoms with Gasteiger partial charge in [-0.25, -0.2) is 4.79 Å². The van der Waals surface area contributed by atoms with Crippen LogP contribution in [-0.4, -0.2) is 134 Å². The molecule has 2 aliphatic rings. The van der Waals surface area contributed by atoms with Crippen LogP contribution in [0.4, 0.5) is 0 Å². The predicted octanol–water partition coefficient (Wildman–Crippen LogP) is 1.38. The largest absolute Gasteiger partial charge is 0.508 e. The molecule has 0 saturated carbocycles. The zero-order chi connectivity index (χ0) is 37.5. The minimum atomic E-state index is -1.54. The number of nitrogens with one attached hydrogen (secondary N) is 1. The number of aromatic hydroxyl groups is 2. The first-order valence-electron chi connectivity index (χ1n) is 17.1. The average molecular weight is 738 g/mol. The number of allylic oxidation sites excluding steroid dienone is 1. The molecule has 2 amide bonds. The number of aliphatic hydroxyl groups is 4. The van der Waals surface area contributed by atoms with E-state index < -0.39 is 54.1 Å². The molecule has 284 valence electrons. The van der Waals surface area contributed by atoms with Crippen molar-refractivity contribution in [1.29, 1.82) is 0 Å². The summed E-state index contributed by atoms with van der Waals surface area (Å²) in [5.41, 5.74) is -0.694. The topological polar surface area (TPSA) is 228 Å². The van der Waals surface area contributed by atoms with Crippen LogP contribution in [0.5, 0.6) is 11.5 Å². The van der Waals surface area contributed by atoms with Gasteiger partial charge in [0.2, 0.25) is 5.91 Å². The van der Waals surface area contributed by atoms with Crippen molar-refractivity contribution >= 4 is 35.3 Å². The standard InChI is InChI=1S/C35H51N3O12S/c1-4-24(36-28(42)20-51-35-33(46)32(45)31(44)23(17-39)18-48-35)11-9-10-21(3)50-34(47)30-22(15-26(40)16-27(30)41)14-25(5-2)37-49-19-29(43)38-12-7-6-8-13-38/h5,9,11,15-16,21,23-24,31-33,35,39-41,44-46H,2,4,6-8,10,12-14,17-20H2,1,3H3,(H,36,42). The van der Waals surface area contributed by atoms with Crippen LogP contribution in [-0.2, 0) is 30.3 Å². The lowest BCUT2D eigenvalue weighted by molar-refractivity contribution is -0.137. The number of hydrogen-bond acceptors (Lipinski definition) is 14. The van der Waals surface area contributed by atoms with Gasteiger partial charge in [0.1, 0.15) is 40.8 Å². The van der Waals surface area contributed by atoms with Crippen LogP contribution >= 0.6 is 11.8 Å². The van der Waals surface area contributed by atoms with E-state index in [4.69, 9.17) is 14.3 Å². The lowest BCUT2D eigenvalue weighted by Gasteiger charge is -2.26. The number of aliphatic hydroxyl groups excluding tert-OH is 4. The highest BCUT2D eigenvalue weighted by atomic mass is 32.2. The second-order valence-corrected chi connectivity index (χ2v) is 13.7. The molecule has 7 atom stereocenters. The molecular weight excluding hydrogens is 686 g/mol. The third-order valence-electron chi connectivity index (χ3n) is 8.55. The maximum atomic E-state index is 13.2. The molecule has 0 aromatic heterocycles. The van der Waals surface area contributed by atoms with Gasteiger partial charge < -0.3 is 55.2 Å². The van der Waals surface area contributed by atoms with Crippen LogP contribution in [0.25, 0.3) is 0 Å². The number of benzene rings is 1. The molecule has 1 aromatic carbocycles. The van der Waals surface area contributed by atoms with Crippen LogP contribution in [0.1, 0.15) is 61.9 Å². The molecule has 2 heterocycles. The summed E-state index contributed by atoms with van der Waals surface area (Å²) in [5.74, 6) is -3.02. The lowest BCUT2D eigenvalue weighted by Crippen LogP contribution is -2.44. The van der Waals surface area contributed by atoms with Gasteiger partial charge in [0.05, 0.1) is 30.8 Å². The van der Waals surface area contributed by atoms with Crippen LogP contribution < -0.4 is 5.32 Å². The van der Waals surface area contributed by atoms with Crippen LogP contribution in [0, 0.1) is 5.92 Å².